The Kier molecular flexibility index (Phi) is 5.10. The number of piperidine rings is 1. The Hall–Kier alpha value is -1.10. The molecule has 5 heteroatoms. The Bertz CT molecular complexity index is 225. The van der Waals surface area contributed by atoms with E-state index in [9.17, 15) is 9.59 Å². The van der Waals surface area contributed by atoms with Gasteiger partial charge in [-0.05, 0) is 19.3 Å². The van der Waals surface area contributed by atoms with Crippen LogP contribution >= 0.6 is 0 Å². The van der Waals surface area contributed by atoms with Crippen molar-refractivity contribution in [1.82, 2.24) is 10.2 Å². The first kappa shape index (κ1) is 12.0. The normalized spacial score (nSPS) is 16.4. The maximum absolute atomic E-state index is 11.6. The average molecular weight is 214 g/mol. The van der Waals surface area contributed by atoms with E-state index in [1.807, 2.05) is 4.90 Å². The minimum atomic E-state index is -0.888. The molecule has 1 fully saturated rings. The minimum absolute atomic E-state index is 0.0761. The molecule has 1 rings (SSSR count). The van der Waals surface area contributed by atoms with Crippen LogP contribution in [0.25, 0.3) is 0 Å². The van der Waals surface area contributed by atoms with Crippen LogP contribution in [0.2, 0.25) is 0 Å². The van der Waals surface area contributed by atoms with E-state index < -0.39 is 5.97 Å². The monoisotopic (exact) mass is 214 g/mol. The van der Waals surface area contributed by atoms with E-state index >= 15 is 0 Å². The van der Waals surface area contributed by atoms with Crippen molar-refractivity contribution in [2.24, 2.45) is 0 Å². The van der Waals surface area contributed by atoms with E-state index in [1.165, 1.54) is 6.42 Å². The first-order chi connectivity index (χ1) is 7.20. The summed E-state index contributed by atoms with van der Waals surface area (Å²) in [6, 6.07) is 0. The first-order valence-electron chi connectivity index (χ1n) is 5.40. The summed E-state index contributed by atoms with van der Waals surface area (Å²) in [6.07, 6.45) is 3.79. The molecule has 1 aliphatic heterocycles. The van der Waals surface area contributed by atoms with Gasteiger partial charge < -0.3 is 15.3 Å². The first-order valence-corrected chi connectivity index (χ1v) is 5.40. The lowest BCUT2D eigenvalue weighted by atomic mass is 10.1. The maximum Gasteiger partial charge on any atom is 0.317 e. The Labute approximate surface area is 89.4 Å². The number of carboxylic acid groups (broad SMARTS) is 1. The smallest absolute Gasteiger partial charge is 0.317 e. The molecule has 86 valence electrons. The molecule has 1 amide bonds. The van der Waals surface area contributed by atoms with Crippen molar-refractivity contribution in [3.05, 3.63) is 0 Å². The summed E-state index contributed by atoms with van der Waals surface area (Å²) < 4.78 is 0. The number of nitrogens with one attached hydrogen (secondary N) is 1. The number of carbonyl (C=O) groups is 2. The predicted octanol–water partition coefficient (Wildman–Crippen LogP) is 0.0632. The zero-order chi connectivity index (χ0) is 11.1. The van der Waals surface area contributed by atoms with Crippen molar-refractivity contribution in [2.45, 2.75) is 25.7 Å². The molecule has 0 unspecified atom stereocenters. The van der Waals surface area contributed by atoms with Gasteiger partial charge in [0.05, 0.1) is 6.54 Å². The van der Waals surface area contributed by atoms with Gasteiger partial charge in [0, 0.05) is 26.1 Å². The molecule has 1 heterocycles. The number of amides is 1. The maximum atomic E-state index is 11.6. The van der Waals surface area contributed by atoms with Crippen LogP contribution in [0, 0.1) is 0 Å². The highest BCUT2D eigenvalue weighted by Gasteiger charge is 2.15. The molecule has 0 bridgehead atoms. The fourth-order valence-corrected chi connectivity index (χ4v) is 1.69. The average Bonchev–Trinajstić information content (AvgIpc) is 2.25. The van der Waals surface area contributed by atoms with E-state index in [0.717, 1.165) is 25.9 Å². The molecule has 0 saturated carbocycles. The van der Waals surface area contributed by atoms with Gasteiger partial charge in [-0.15, -0.1) is 0 Å². The number of rotatable bonds is 5. The number of carbonyl (C=O) groups excluding carboxylic acids is 1. The van der Waals surface area contributed by atoms with Crippen molar-refractivity contribution < 1.29 is 14.7 Å². The van der Waals surface area contributed by atoms with Crippen LogP contribution in [-0.2, 0) is 9.59 Å². The van der Waals surface area contributed by atoms with Gasteiger partial charge in [-0.1, -0.05) is 0 Å². The number of hydrogen-bond acceptors (Lipinski definition) is 3. The van der Waals surface area contributed by atoms with E-state index in [0.29, 0.717) is 13.0 Å². The Morgan fingerprint density at radius 2 is 1.87 bits per heavy atom. The molecule has 1 aliphatic rings. The summed E-state index contributed by atoms with van der Waals surface area (Å²) in [4.78, 5) is 23.6. The Morgan fingerprint density at radius 3 is 2.47 bits per heavy atom. The van der Waals surface area contributed by atoms with Crippen LogP contribution < -0.4 is 5.32 Å². The number of likely N-dealkylation sites (tertiary alicyclic amines) is 1. The lowest BCUT2D eigenvalue weighted by molar-refractivity contribution is -0.136. The van der Waals surface area contributed by atoms with E-state index in [1.54, 1.807) is 0 Å². The summed E-state index contributed by atoms with van der Waals surface area (Å²) in [5.74, 6) is -0.756. The standard InChI is InChI=1S/C10H18N2O3/c13-9(4-5-11-8-10(14)15)12-6-2-1-3-7-12/h11H,1-8H2,(H,14,15). The van der Waals surface area contributed by atoms with Crippen molar-refractivity contribution in [2.75, 3.05) is 26.2 Å². The third-order valence-electron chi connectivity index (χ3n) is 2.50. The zero-order valence-electron chi connectivity index (χ0n) is 8.87. The fraction of sp³-hybridized carbons (Fsp3) is 0.800. The molecule has 0 spiro atoms. The second kappa shape index (κ2) is 6.40. The van der Waals surface area contributed by atoms with Gasteiger partial charge in [-0.3, -0.25) is 9.59 Å². The summed E-state index contributed by atoms with van der Waals surface area (Å²) in [5, 5.41) is 11.1. The van der Waals surface area contributed by atoms with Crippen molar-refractivity contribution >= 4 is 11.9 Å². The molecule has 0 aliphatic carbocycles. The number of hydrogen-bond donors (Lipinski definition) is 2. The van der Waals surface area contributed by atoms with Gasteiger partial charge in [-0.2, -0.15) is 0 Å². The lowest BCUT2D eigenvalue weighted by Gasteiger charge is -2.26. The van der Waals surface area contributed by atoms with E-state index in [4.69, 9.17) is 5.11 Å². The molecular formula is C10H18N2O3. The highest BCUT2D eigenvalue weighted by molar-refractivity contribution is 5.76. The minimum Gasteiger partial charge on any atom is -0.480 e. The second-order valence-electron chi connectivity index (χ2n) is 3.76. The van der Waals surface area contributed by atoms with Crippen molar-refractivity contribution in [1.29, 1.82) is 0 Å². The Morgan fingerprint density at radius 1 is 1.20 bits per heavy atom. The van der Waals surface area contributed by atoms with Crippen molar-refractivity contribution in [3.8, 4) is 0 Å². The van der Waals surface area contributed by atoms with Crippen LogP contribution in [0.15, 0.2) is 0 Å². The van der Waals surface area contributed by atoms with Crippen LogP contribution in [0.3, 0.4) is 0 Å². The molecule has 1 saturated heterocycles. The predicted molar refractivity (Wildman–Crippen MR) is 55.6 cm³/mol. The topological polar surface area (TPSA) is 69.6 Å². The van der Waals surface area contributed by atoms with Gasteiger partial charge in [0.2, 0.25) is 5.91 Å². The van der Waals surface area contributed by atoms with Gasteiger partial charge in [0.15, 0.2) is 0 Å². The Balaban J connectivity index is 2.09. The number of nitrogens with zero attached hydrogens (tertiary/aromatic N) is 1. The zero-order valence-corrected chi connectivity index (χ0v) is 8.87. The number of carboxylic acids is 1. The second-order valence-corrected chi connectivity index (χ2v) is 3.76. The third kappa shape index (κ3) is 4.78. The van der Waals surface area contributed by atoms with Crippen LogP contribution in [0.4, 0.5) is 0 Å². The van der Waals surface area contributed by atoms with Gasteiger partial charge in [0.25, 0.3) is 0 Å². The molecule has 0 aromatic rings. The highest BCUT2D eigenvalue weighted by atomic mass is 16.4. The largest absolute Gasteiger partial charge is 0.480 e. The molecule has 0 aromatic heterocycles. The summed E-state index contributed by atoms with van der Waals surface area (Å²) in [6.45, 7) is 2.09. The SMILES string of the molecule is O=C(O)CNCCC(=O)N1CCCCC1. The fourth-order valence-electron chi connectivity index (χ4n) is 1.69. The summed E-state index contributed by atoms with van der Waals surface area (Å²) in [5.41, 5.74) is 0. The van der Waals surface area contributed by atoms with Gasteiger partial charge in [-0.25, -0.2) is 0 Å². The summed E-state index contributed by atoms with van der Waals surface area (Å²) in [7, 11) is 0. The number of aliphatic carboxylic acids is 1. The van der Waals surface area contributed by atoms with Crippen LogP contribution in [0.1, 0.15) is 25.7 Å². The van der Waals surface area contributed by atoms with Gasteiger partial charge >= 0.3 is 5.97 Å². The van der Waals surface area contributed by atoms with Gasteiger partial charge in [0.1, 0.15) is 0 Å². The van der Waals surface area contributed by atoms with E-state index in [2.05, 4.69) is 5.32 Å². The molecule has 5 nitrogen and oxygen atoms in total. The van der Waals surface area contributed by atoms with E-state index in [-0.39, 0.29) is 12.5 Å². The molecule has 2 N–H and O–H groups in total. The summed E-state index contributed by atoms with van der Waals surface area (Å²) >= 11 is 0. The van der Waals surface area contributed by atoms with Crippen molar-refractivity contribution in [3.63, 3.8) is 0 Å². The molecule has 0 radical (unpaired) electrons. The van der Waals surface area contributed by atoms with Crippen LogP contribution in [-0.4, -0.2) is 48.1 Å². The third-order valence-corrected chi connectivity index (χ3v) is 2.50. The lowest BCUT2D eigenvalue weighted by Crippen LogP contribution is -2.37. The molecule has 0 aromatic carbocycles. The quantitative estimate of drug-likeness (QED) is 0.635. The van der Waals surface area contributed by atoms with Crippen LogP contribution in [0.5, 0.6) is 0 Å². The highest BCUT2D eigenvalue weighted by Crippen LogP contribution is 2.09. The molecular weight excluding hydrogens is 196 g/mol. The molecule has 15 heavy (non-hydrogen) atoms. The molecule has 0 atom stereocenters.